The summed E-state index contributed by atoms with van der Waals surface area (Å²) in [6.45, 7) is 1.43. The fourth-order valence-corrected chi connectivity index (χ4v) is 3.74. The largest absolute Gasteiger partial charge is 0.481 e. The van der Waals surface area contributed by atoms with Gasteiger partial charge in [-0.2, -0.15) is 0 Å². The molecular formula is C17H21NO4. The van der Waals surface area contributed by atoms with Crippen molar-refractivity contribution in [2.24, 2.45) is 17.8 Å². The monoisotopic (exact) mass is 303 g/mol. The number of fused-ring (bicyclic) bond motifs is 1. The zero-order valence-corrected chi connectivity index (χ0v) is 12.5. The van der Waals surface area contributed by atoms with Gasteiger partial charge in [-0.05, 0) is 36.7 Å². The summed E-state index contributed by atoms with van der Waals surface area (Å²) in [7, 11) is 0. The number of piperidine rings is 1. The lowest BCUT2D eigenvalue weighted by Crippen LogP contribution is -2.45. The van der Waals surface area contributed by atoms with Gasteiger partial charge >= 0.3 is 12.1 Å². The Labute approximate surface area is 129 Å². The Balaban J connectivity index is 1.56. The van der Waals surface area contributed by atoms with Crippen LogP contribution in [0.25, 0.3) is 0 Å². The smallest absolute Gasteiger partial charge is 0.410 e. The number of carbonyl (C=O) groups excluding carboxylic acids is 1. The summed E-state index contributed by atoms with van der Waals surface area (Å²) < 4.78 is 5.35. The Morgan fingerprint density at radius 1 is 1.18 bits per heavy atom. The molecule has 118 valence electrons. The molecule has 0 spiro atoms. The third-order valence-corrected chi connectivity index (χ3v) is 4.95. The normalized spacial score (nSPS) is 27.3. The maximum atomic E-state index is 12.2. The summed E-state index contributed by atoms with van der Waals surface area (Å²) in [6.07, 6.45) is 2.25. The lowest BCUT2D eigenvalue weighted by molar-refractivity contribution is -0.143. The number of nitrogens with zero attached hydrogens (tertiary/aromatic N) is 1. The van der Waals surface area contributed by atoms with Crippen LogP contribution < -0.4 is 0 Å². The summed E-state index contributed by atoms with van der Waals surface area (Å²) in [6, 6.07) is 9.56. The van der Waals surface area contributed by atoms with Gasteiger partial charge in [-0.25, -0.2) is 4.79 Å². The first kappa shape index (κ1) is 14.9. The predicted molar refractivity (Wildman–Crippen MR) is 80.2 cm³/mol. The molecule has 1 heterocycles. The molecule has 1 amide bonds. The predicted octanol–water partition coefficient (Wildman–Crippen LogP) is 2.76. The van der Waals surface area contributed by atoms with Crippen LogP contribution in [0.4, 0.5) is 4.79 Å². The molecule has 3 atom stereocenters. The highest BCUT2D eigenvalue weighted by molar-refractivity contribution is 5.71. The second kappa shape index (κ2) is 6.38. The molecule has 5 nitrogen and oxygen atoms in total. The van der Waals surface area contributed by atoms with Crippen LogP contribution >= 0.6 is 0 Å². The fraction of sp³-hybridized carbons (Fsp3) is 0.529. The first-order chi connectivity index (χ1) is 10.6. The van der Waals surface area contributed by atoms with E-state index < -0.39 is 5.97 Å². The summed E-state index contributed by atoms with van der Waals surface area (Å²) in [5.41, 5.74) is 0.954. The molecule has 0 unspecified atom stereocenters. The lowest BCUT2D eigenvalue weighted by Gasteiger charge is -2.35. The number of carboxylic acid groups (broad SMARTS) is 1. The number of carboxylic acids is 1. The van der Waals surface area contributed by atoms with Crippen LogP contribution in [0.5, 0.6) is 0 Å². The zero-order chi connectivity index (χ0) is 15.5. The second-order valence-corrected chi connectivity index (χ2v) is 6.22. The zero-order valence-electron chi connectivity index (χ0n) is 12.5. The Morgan fingerprint density at radius 2 is 1.95 bits per heavy atom. The topological polar surface area (TPSA) is 66.8 Å². The SMILES string of the molecule is O=C(O)[C@@H]1CC[C@@H]2CCN(C(=O)OCc3ccccc3)C[C@@H]21. The molecule has 1 aromatic carbocycles. The van der Waals surface area contributed by atoms with E-state index in [9.17, 15) is 14.7 Å². The van der Waals surface area contributed by atoms with Crippen molar-refractivity contribution in [2.45, 2.75) is 25.9 Å². The van der Waals surface area contributed by atoms with E-state index in [0.29, 0.717) is 19.0 Å². The molecule has 5 heteroatoms. The van der Waals surface area contributed by atoms with E-state index >= 15 is 0 Å². The molecule has 3 rings (SSSR count). The number of carbonyl (C=O) groups is 2. The van der Waals surface area contributed by atoms with Gasteiger partial charge in [0.05, 0.1) is 5.92 Å². The Morgan fingerprint density at radius 3 is 2.68 bits per heavy atom. The van der Waals surface area contributed by atoms with Gasteiger partial charge in [0, 0.05) is 13.1 Å². The number of hydrogen-bond acceptors (Lipinski definition) is 3. The molecule has 0 bridgehead atoms. The van der Waals surface area contributed by atoms with E-state index in [4.69, 9.17) is 4.74 Å². The van der Waals surface area contributed by atoms with Crippen LogP contribution in [-0.4, -0.2) is 35.2 Å². The quantitative estimate of drug-likeness (QED) is 0.932. The van der Waals surface area contributed by atoms with Crippen LogP contribution in [0, 0.1) is 17.8 Å². The van der Waals surface area contributed by atoms with Gasteiger partial charge in [-0.15, -0.1) is 0 Å². The van der Waals surface area contributed by atoms with Crippen LogP contribution in [0.2, 0.25) is 0 Å². The van der Waals surface area contributed by atoms with Crippen molar-refractivity contribution >= 4 is 12.1 Å². The Hall–Kier alpha value is -2.04. The number of rotatable bonds is 3. The minimum Gasteiger partial charge on any atom is -0.481 e. The maximum absolute atomic E-state index is 12.2. The number of likely N-dealkylation sites (tertiary alicyclic amines) is 1. The second-order valence-electron chi connectivity index (χ2n) is 6.22. The standard InChI is InChI=1S/C17H21NO4/c19-16(20)14-7-6-13-8-9-18(10-15(13)14)17(21)22-11-12-4-2-1-3-5-12/h1-5,13-15H,6-11H2,(H,19,20)/t13-,14-,15+/m1/s1. The molecule has 2 fully saturated rings. The highest BCUT2D eigenvalue weighted by Crippen LogP contribution is 2.42. The molecule has 2 aliphatic rings. The van der Waals surface area contributed by atoms with Crippen molar-refractivity contribution in [1.82, 2.24) is 4.90 Å². The minimum absolute atomic E-state index is 0.0792. The summed E-state index contributed by atoms with van der Waals surface area (Å²) in [5, 5.41) is 9.29. The van der Waals surface area contributed by atoms with Gasteiger partial charge in [-0.1, -0.05) is 30.3 Å². The van der Waals surface area contributed by atoms with Crippen molar-refractivity contribution in [3.8, 4) is 0 Å². The Kier molecular flexibility index (Phi) is 4.32. The van der Waals surface area contributed by atoms with Crippen LogP contribution in [0.3, 0.4) is 0 Å². The van der Waals surface area contributed by atoms with Crippen molar-refractivity contribution in [1.29, 1.82) is 0 Å². The van der Waals surface area contributed by atoms with Crippen molar-refractivity contribution in [2.75, 3.05) is 13.1 Å². The third kappa shape index (κ3) is 3.08. The van der Waals surface area contributed by atoms with Crippen LogP contribution in [-0.2, 0) is 16.1 Å². The molecule has 0 aromatic heterocycles. The minimum atomic E-state index is -0.730. The summed E-state index contributed by atoms with van der Waals surface area (Å²) in [5.74, 6) is -0.517. The fourth-order valence-electron chi connectivity index (χ4n) is 3.74. The molecule has 1 N–H and O–H groups in total. The van der Waals surface area contributed by atoms with Gasteiger partial charge in [-0.3, -0.25) is 4.79 Å². The number of benzene rings is 1. The molecule has 22 heavy (non-hydrogen) atoms. The molecule has 1 saturated heterocycles. The molecular weight excluding hydrogens is 282 g/mol. The van der Waals surface area contributed by atoms with Gasteiger partial charge in [0.15, 0.2) is 0 Å². The van der Waals surface area contributed by atoms with E-state index in [1.54, 1.807) is 4.90 Å². The van der Waals surface area contributed by atoms with E-state index in [1.165, 1.54) is 0 Å². The van der Waals surface area contributed by atoms with Gasteiger partial charge in [0.1, 0.15) is 6.61 Å². The summed E-state index contributed by atoms with van der Waals surface area (Å²) >= 11 is 0. The van der Waals surface area contributed by atoms with Gasteiger partial charge in [0.25, 0.3) is 0 Å². The van der Waals surface area contributed by atoms with Crippen LogP contribution in [0.15, 0.2) is 30.3 Å². The number of aliphatic carboxylic acids is 1. The van der Waals surface area contributed by atoms with Crippen molar-refractivity contribution in [3.05, 3.63) is 35.9 Å². The van der Waals surface area contributed by atoms with E-state index in [2.05, 4.69) is 0 Å². The van der Waals surface area contributed by atoms with Crippen molar-refractivity contribution in [3.63, 3.8) is 0 Å². The van der Waals surface area contributed by atoms with Gasteiger partial charge < -0.3 is 14.7 Å². The summed E-state index contributed by atoms with van der Waals surface area (Å²) in [4.78, 5) is 25.2. The Bertz CT molecular complexity index is 545. The third-order valence-electron chi connectivity index (χ3n) is 4.95. The average Bonchev–Trinajstić information content (AvgIpc) is 2.96. The maximum Gasteiger partial charge on any atom is 0.410 e. The average molecular weight is 303 g/mol. The number of amides is 1. The molecule has 1 aromatic rings. The van der Waals surface area contributed by atoms with E-state index in [1.807, 2.05) is 30.3 Å². The molecule has 0 radical (unpaired) electrons. The highest BCUT2D eigenvalue weighted by Gasteiger charge is 2.44. The first-order valence-electron chi connectivity index (χ1n) is 7.83. The van der Waals surface area contributed by atoms with Crippen LogP contribution in [0.1, 0.15) is 24.8 Å². The molecule has 1 aliphatic carbocycles. The number of ether oxygens (including phenoxy) is 1. The lowest BCUT2D eigenvalue weighted by atomic mass is 9.84. The molecule has 1 aliphatic heterocycles. The number of hydrogen-bond donors (Lipinski definition) is 1. The van der Waals surface area contributed by atoms with E-state index in [0.717, 1.165) is 24.8 Å². The van der Waals surface area contributed by atoms with Gasteiger partial charge in [0.2, 0.25) is 0 Å². The molecule has 1 saturated carbocycles. The highest BCUT2D eigenvalue weighted by atomic mass is 16.6. The van der Waals surface area contributed by atoms with Crippen molar-refractivity contribution < 1.29 is 19.4 Å². The first-order valence-corrected chi connectivity index (χ1v) is 7.83. The van der Waals surface area contributed by atoms with E-state index in [-0.39, 0.29) is 24.5 Å².